The third-order valence-corrected chi connectivity index (χ3v) is 6.36. The van der Waals surface area contributed by atoms with Gasteiger partial charge in [0.05, 0.1) is 0 Å². The Hall–Kier alpha value is 0.314. The van der Waals surface area contributed by atoms with Crippen LogP contribution in [0.5, 0.6) is 0 Å². The molecule has 0 aliphatic rings. The first-order chi connectivity index (χ1) is 7.02. The first-order valence-corrected chi connectivity index (χ1v) is 8.48. The fourth-order valence-electron chi connectivity index (χ4n) is 1.01. The van der Waals surface area contributed by atoms with Crippen LogP contribution in [-0.4, -0.2) is 31.8 Å². The van der Waals surface area contributed by atoms with Crippen molar-refractivity contribution in [3.05, 3.63) is 0 Å². The smallest absolute Gasteiger partial charge is 0.377 e. The quantitative estimate of drug-likeness (QED) is 0.618. The lowest BCUT2D eigenvalue weighted by molar-refractivity contribution is 0.223. The van der Waals surface area contributed by atoms with Crippen molar-refractivity contribution in [1.82, 2.24) is 0 Å². The highest BCUT2D eigenvalue weighted by molar-refractivity contribution is 6.60. The van der Waals surface area contributed by atoms with Crippen LogP contribution in [0, 0.1) is 0 Å². The van der Waals surface area contributed by atoms with Crippen molar-refractivity contribution in [2.75, 3.05) is 13.2 Å². The van der Waals surface area contributed by atoms with Crippen molar-refractivity contribution >= 4 is 18.6 Å². The van der Waals surface area contributed by atoms with Crippen molar-refractivity contribution in [3.63, 3.8) is 0 Å². The molecule has 0 saturated carbocycles. The summed E-state index contributed by atoms with van der Waals surface area (Å²) in [5.74, 6) is 0. The summed E-state index contributed by atoms with van der Waals surface area (Å²) in [6.45, 7) is 14.1. The maximum absolute atomic E-state index is 6.01. The molecule has 0 aromatic carbocycles. The van der Waals surface area contributed by atoms with Gasteiger partial charge in [-0.25, -0.2) is 0 Å². The van der Waals surface area contributed by atoms with Gasteiger partial charge in [-0.05, 0) is 24.9 Å². The lowest BCUT2D eigenvalue weighted by Crippen LogP contribution is -2.38. The topological polar surface area (TPSA) is 27.7 Å². The van der Waals surface area contributed by atoms with E-state index in [-0.39, 0.29) is 0 Å². The Morgan fingerprint density at radius 3 is 1.33 bits per heavy atom. The van der Waals surface area contributed by atoms with Crippen molar-refractivity contribution in [2.45, 2.75) is 52.6 Å². The van der Waals surface area contributed by atoms with E-state index in [2.05, 4.69) is 27.7 Å². The molecular formula is C10H24O3Si2. The molecule has 2 radical (unpaired) electrons. The minimum Gasteiger partial charge on any atom is -0.412 e. The van der Waals surface area contributed by atoms with Gasteiger partial charge in [0.25, 0.3) is 0 Å². The van der Waals surface area contributed by atoms with Gasteiger partial charge < -0.3 is 13.0 Å². The first-order valence-electron chi connectivity index (χ1n) is 5.69. The highest BCUT2D eigenvalue weighted by Gasteiger charge is 2.29. The van der Waals surface area contributed by atoms with Crippen LogP contribution in [0.1, 0.15) is 41.5 Å². The standard InChI is InChI=1S/C10H24O3Si2/c1-7-11-14(9(3)4)13-15(10(5)6)12-8-2/h9-10H,7-8H2,1-6H3. The summed E-state index contributed by atoms with van der Waals surface area (Å²) in [4.78, 5) is 0. The van der Waals surface area contributed by atoms with E-state index in [1.165, 1.54) is 0 Å². The molecule has 0 fully saturated rings. The molecule has 0 saturated heterocycles. The molecule has 0 heterocycles. The fraction of sp³-hybridized carbons (Fsp3) is 1.00. The van der Waals surface area contributed by atoms with E-state index >= 15 is 0 Å². The molecule has 0 N–H and O–H groups in total. The Morgan fingerprint density at radius 1 is 0.800 bits per heavy atom. The van der Waals surface area contributed by atoms with Gasteiger partial charge in [-0.2, -0.15) is 0 Å². The highest BCUT2D eigenvalue weighted by Crippen LogP contribution is 2.17. The van der Waals surface area contributed by atoms with Crippen molar-refractivity contribution in [1.29, 1.82) is 0 Å². The Morgan fingerprint density at radius 2 is 1.13 bits per heavy atom. The molecule has 0 aromatic heterocycles. The summed E-state index contributed by atoms with van der Waals surface area (Å²) in [5.41, 5.74) is 0.934. The fourth-order valence-corrected chi connectivity index (χ4v) is 5.40. The zero-order chi connectivity index (χ0) is 11.8. The maximum Gasteiger partial charge on any atom is 0.377 e. The lowest BCUT2D eigenvalue weighted by Gasteiger charge is -2.24. The van der Waals surface area contributed by atoms with Crippen LogP contribution in [0.4, 0.5) is 0 Å². The van der Waals surface area contributed by atoms with Crippen molar-refractivity contribution < 1.29 is 13.0 Å². The summed E-state index contributed by atoms with van der Waals surface area (Å²) >= 11 is 0. The molecule has 0 aromatic rings. The van der Waals surface area contributed by atoms with E-state index in [0.717, 1.165) is 13.2 Å². The second kappa shape index (κ2) is 8.46. The summed E-state index contributed by atoms with van der Waals surface area (Å²) in [7, 11) is -2.32. The zero-order valence-corrected chi connectivity index (χ0v) is 12.8. The molecule has 0 unspecified atom stereocenters. The number of rotatable bonds is 8. The zero-order valence-electron chi connectivity index (χ0n) is 10.8. The van der Waals surface area contributed by atoms with E-state index in [1.807, 2.05) is 13.8 Å². The van der Waals surface area contributed by atoms with Gasteiger partial charge in [0, 0.05) is 13.2 Å². The van der Waals surface area contributed by atoms with E-state index in [4.69, 9.17) is 13.0 Å². The number of hydrogen-bond acceptors (Lipinski definition) is 3. The van der Waals surface area contributed by atoms with Crippen LogP contribution >= 0.6 is 0 Å². The second-order valence-electron chi connectivity index (χ2n) is 3.92. The largest absolute Gasteiger partial charge is 0.412 e. The van der Waals surface area contributed by atoms with E-state index in [0.29, 0.717) is 11.1 Å². The molecule has 0 aliphatic carbocycles. The molecule has 0 amide bonds. The van der Waals surface area contributed by atoms with E-state index < -0.39 is 18.6 Å². The predicted molar refractivity (Wildman–Crippen MR) is 66.0 cm³/mol. The Balaban J connectivity index is 4.19. The molecule has 0 spiro atoms. The van der Waals surface area contributed by atoms with Crippen molar-refractivity contribution in [2.24, 2.45) is 0 Å². The Labute approximate surface area is 97.8 Å². The van der Waals surface area contributed by atoms with Crippen molar-refractivity contribution in [3.8, 4) is 0 Å². The summed E-state index contributed by atoms with van der Waals surface area (Å²) in [6.07, 6.45) is 0. The summed E-state index contributed by atoms with van der Waals surface area (Å²) in [5, 5.41) is 0. The predicted octanol–water partition coefficient (Wildman–Crippen LogP) is 2.87. The van der Waals surface area contributed by atoms with Gasteiger partial charge in [-0.15, -0.1) is 0 Å². The molecule has 0 aliphatic heterocycles. The molecule has 90 valence electrons. The minimum absolute atomic E-state index is 0.467. The third kappa shape index (κ3) is 6.47. The average molecular weight is 248 g/mol. The summed E-state index contributed by atoms with van der Waals surface area (Å²) < 4.78 is 17.3. The van der Waals surface area contributed by atoms with Crippen LogP contribution in [-0.2, 0) is 13.0 Å². The lowest BCUT2D eigenvalue weighted by atomic mass is 10.6. The van der Waals surface area contributed by atoms with Gasteiger partial charge in [-0.1, -0.05) is 27.7 Å². The third-order valence-electron chi connectivity index (χ3n) is 1.72. The molecule has 0 bridgehead atoms. The van der Waals surface area contributed by atoms with Crippen LogP contribution in [0.2, 0.25) is 11.1 Å². The molecule has 5 heteroatoms. The minimum atomic E-state index is -1.16. The highest BCUT2D eigenvalue weighted by atomic mass is 28.4. The monoisotopic (exact) mass is 248 g/mol. The van der Waals surface area contributed by atoms with E-state index in [1.54, 1.807) is 0 Å². The van der Waals surface area contributed by atoms with Gasteiger partial charge >= 0.3 is 18.6 Å². The molecular weight excluding hydrogens is 224 g/mol. The Kier molecular flexibility index (Phi) is 8.64. The van der Waals surface area contributed by atoms with Crippen LogP contribution in [0.25, 0.3) is 0 Å². The number of hydrogen-bond donors (Lipinski definition) is 0. The van der Waals surface area contributed by atoms with Crippen LogP contribution in [0.3, 0.4) is 0 Å². The molecule has 0 rings (SSSR count). The average Bonchev–Trinajstić information content (AvgIpc) is 2.15. The van der Waals surface area contributed by atoms with Gasteiger partial charge in [0.15, 0.2) is 0 Å². The van der Waals surface area contributed by atoms with Crippen LogP contribution in [0.15, 0.2) is 0 Å². The Bertz CT molecular complexity index is 138. The van der Waals surface area contributed by atoms with E-state index in [9.17, 15) is 0 Å². The van der Waals surface area contributed by atoms with Gasteiger partial charge in [-0.3, -0.25) is 0 Å². The second-order valence-corrected chi connectivity index (χ2v) is 8.89. The van der Waals surface area contributed by atoms with Gasteiger partial charge in [0.2, 0.25) is 0 Å². The molecule has 0 atom stereocenters. The normalized spacial score (nSPS) is 12.4. The summed E-state index contributed by atoms with van der Waals surface area (Å²) in [6, 6.07) is 0. The van der Waals surface area contributed by atoms with Gasteiger partial charge in [0.1, 0.15) is 0 Å². The molecule has 3 nitrogen and oxygen atoms in total. The first kappa shape index (κ1) is 15.3. The SMILES string of the molecule is CCO[Si](O[Si](OCC)C(C)C)C(C)C. The molecule has 15 heavy (non-hydrogen) atoms. The van der Waals surface area contributed by atoms with Crippen LogP contribution < -0.4 is 0 Å². The maximum atomic E-state index is 6.01.